The summed E-state index contributed by atoms with van der Waals surface area (Å²) < 4.78 is 58.9. The molecule has 1 rings (SSSR count). The van der Waals surface area contributed by atoms with E-state index < -0.39 is 15.5 Å². The molecule has 0 heterocycles. The number of thioether (sulfide) groups is 1. The van der Waals surface area contributed by atoms with Crippen molar-refractivity contribution in [1.29, 1.82) is 0 Å². The average molecular weight is 271 g/mol. The summed E-state index contributed by atoms with van der Waals surface area (Å²) in [6.45, 7) is 0. The topological polar surface area (TPSA) is 46.2 Å². The average Bonchev–Trinajstić information content (AvgIpc) is 2.16. The molecule has 0 fully saturated rings. The highest BCUT2D eigenvalue weighted by molar-refractivity contribution is 7.98. The molecule has 0 aliphatic heterocycles. The Hall–Kier alpha value is -0.890. The monoisotopic (exact) mass is 271 g/mol. The van der Waals surface area contributed by atoms with Crippen molar-refractivity contribution in [2.24, 2.45) is 0 Å². The lowest BCUT2D eigenvalue weighted by molar-refractivity contribution is -0.0429. The number of nitrogens with one attached hydrogen (secondary N) is 1. The third-order valence-corrected chi connectivity index (χ3v) is 3.50. The maximum absolute atomic E-state index is 12.0. The van der Waals surface area contributed by atoms with Gasteiger partial charge in [-0.2, -0.15) is 21.6 Å². The van der Waals surface area contributed by atoms with Crippen LogP contribution in [-0.4, -0.2) is 20.2 Å². The highest BCUT2D eigenvalue weighted by atomic mass is 32.2. The van der Waals surface area contributed by atoms with Crippen molar-refractivity contribution in [2.45, 2.75) is 10.4 Å². The van der Waals surface area contributed by atoms with E-state index in [1.807, 2.05) is 0 Å². The zero-order valence-corrected chi connectivity index (χ0v) is 9.71. The van der Waals surface area contributed by atoms with Gasteiger partial charge < -0.3 is 0 Å². The number of rotatable bonds is 3. The predicted octanol–water partition coefficient (Wildman–Crippen LogP) is 2.67. The summed E-state index contributed by atoms with van der Waals surface area (Å²) in [6, 6.07) is 5.60. The molecule has 0 saturated heterocycles. The molecule has 0 atom stereocenters. The van der Waals surface area contributed by atoms with Crippen LogP contribution in [0.25, 0.3) is 0 Å². The summed E-state index contributed by atoms with van der Waals surface area (Å²) in [4.78, 5) is 0.829. The molecule has 1 N–H and O–H groups in total. The molecular weight excluding hydrogens is 263 g/mol. The number of sulfonamides is 1. The van der Waals surface area contributed by atoms with Gasteiger partial charge in [0, 0.05) is 10.6 Å². The third-order valence-electron chi connectivity index (χ3n) is 1.65. The standard InChI is InChI=1S/C8H8F3NO2S2/c1-15-7-4-2-6(3-5-7)12-16(13,14)8(9,10)11/h2-5,12H,1H3. The number of hydrogen-bond acceptors (Lipinski definition) is 3. The molecule has 0 saturated carbocycles. The summed E-state index contributed by atoms with van der Waals surface area (Å²) in [5.74, 6) is 0. The van der Waals surface area contributed by atoms with Crippen LogP contribution < -0.4 is 4.72 Å². The number of halogens is 3. The maximum Gasteiger partial charge on any atom is 0.516 e. The SMILES string of the molecule is CSc1ccc(NS(=O)(=O)C(F)(F)F)cc1. The normalized spacial score (nSPS) is 12.5. The summed E-state index contributed by atoms with van der Waals surface area (Å²) in [7, 11) is -5.33. The Morgan fingerprint density at radius 2 is 1.69 bits per heavy atom. The van der Waals surface area contributed by atoms with Crippen molar-refractivity contribution < 1.29 is 21.6 Å². The molecule has 8 heteroatoms. The van der Waals surface area contributed by atoms with Gasteiger partial charge in [-0.25, -0.2) is 0 Å². The number of alkyl halides is 3. The fourth-order valence-corrected chi connectivity index (χ4v) is 1.84. The van der Waals surface area contributed by atoms with Crippen molar-refractivity contribution in [2.75, 3.05) is 11.0 Å². The molecule has 0 spiro atoms. The van der Waals surface area contributed by atoms with Crippen molar-refractivity contribution >= 4 is 27.5 Å². The molecule has 0 radical (unpaired) electrons. The molecule has 0 aliphatic carbocycles. The van der Waals surface area contributed by atoms with Crippen LogP contribution in [0.2, 0.25) is 0 Å². The van der Waals surface area contributed by atoms with E-state index in [2.05, 4.69) is 0 Å². The number of anilines is 1. The molecule has 0 aliphatic rings. The second kappa shape index (κ2) is 4.54. The highest BCUT2D eigenvalue weighted by Crippen LogP contribution is 2.26. The van der Waals surface area contributed by atoms with Gasteiger partial charge in [0.2, 0.25) is 0 Å². The maximum atomic E-state index is 12.0. The Morgan fingerprint density at radius 1 is 1.19 bits per heavy atom. The van der Waals surface area contributed by atoms with Crippen molar-refractivity contribution in [3.63, 3.8) is 0 Å². The Bertz CT molecular complexity index is 453. The molecule has 1 aromatic rings. The lowest BCUT2D eigenvalue weighted by atomic mass is 10.3. The fourth-order valence-electron chi connectivity index (χ4n) is 0.872. The molecule has 90 valence electrons. The Kier molecular flexibility index (Phi) is 3.74. The first kappa shape index (κ1) is 13.2. The van der Waals surface area contributed by atoms with Crippen molar-refractivity contribution in [1.82, 2.24) is 0 Å². The predicted molar refractivity (Wildman–Crippen MR) is 56.8 cm³/mol. The smallest absolute Gasteiger partial charge is 0.276 e. The molecular formula is C8H8F3NO2S2. The van der Waals surface area contributed by atoms with Crippen LogP contribution >= 0.6 is 11.8 Å². The fraction of sp³-hybridized carbons (Fsp3) is 0.250. The molecule has 0 aromatic heterocycles. The summed E-state index contributed by atoms with van der Waals surface area (Å²) in [6.07, 6.45) is 1.80. The Morgan fingerprint density at radius 3 is 2.06 bits per heavy atom. The van der Waals surface area contributed by atoms with E-state index in [1.165, 1.54) is 40.7 Å². The Labute approximate surface area is 95.1 Å². The van der Waals surface area contributed by atoms with Crippen LogP contribution in [-0.2, 0) is 10.0 Å². The molecule has 0 unspecified atom stereocenters. The zero-order valence-electron chi connectivity index (χ0n) is 8.08. The minimum absolute atomic E-state index is 0.116. The third kappa shape index (κ3) is 3.05. The number of hydrogen-bond donors (Lipinski definition) is 1. The van der Waals surface area contributed by atoms with E-state index in [0.29, 0.717) is 0 Å². The van der Waals surface area contributed by atoms with Gasteiger partial charge in [0.1, 0.15) is 0 Å². The molecule has 16 heavy (non-hydrogen) atoms. The molecule has 3 nitrogen and oxygen atoms in total. The summed E-state index contributed by atoms with van der Waals surface area (Å²) in [5.41, 5.74) is -5.42. The Balaban J connectivity index is 2.89. The van der Waals surface area contributed by atoms with Crippen LogP contribution in [0.15, 0.2) is 29.2 Å². The quantitative estimate of drug-likeness (QED) is 0.860. The zero-order chi connectivity index (χ0) is 12.4. The van der Waals surface area contributed by atoms with Gasteiger partial charge in [0.05, 0.1) is 0 Å². The van der Waals surface area contributed by atoms with Crippen molar-refractivity contribution in [3.8, 4) is 0 Å². The van der Waals surface area contributed by atoms with Gasteiger partial charge >= 0.3 is 15.5 Å². The van der Waals surface area contributed by atoms with Gasteiger partial charge in [-0.1, -0.05) is 0 Å². The van der Waals surface area contributed by atoms with Crippen LogP contribution in [0, 0.1) is 0 Å². The summed E-state index contributed by atoms with van der Waals surface area (Å²) in [5, 5.41) is 0. The van der Waals surface area contributed by atoms with Gasteiger partial charge in [0.15, 0.2) is 0 Å². The van der Waals surface area contributed by atoms with Gasteiger partial charge in [-0.05, 0) is 30.5 Å². The first-order valence-corrected chi connectivity index (χ1v) is 6.70. The minimum Gasteiger partial charge on any atom is -0.276 e. The lowest BCUT2D eigenvalue weighted by Crippen LogP contribution is -2.29. The number of benzene rings is 1. The highest BCUT2D eigenvalue weighted by Gasteiger charge is 2.45. The van der Waals surface area contributed by atoms with Crippen LogP contribution in [0.1, 0.15) is 0 Å². The first-order valence-electron chi connectivity index (χ1n) is 3.99. The summed E-state index contributed by atoms with van der Waals surface area (Å²) >= 11 is 1.40. The molecule has 0 amide bonds. The van der Waals surface area contributed by atoms with Crippen molar-refractivity contribution in [3.05, 3.63) is 24.3 Å². The lowest BCUT2D eigenvalue weighted by Gasteiger charge is -2.10. The van der Waals surface area contributed by atoms with E-state index in [4.69, 9.17) is 0 Å². The second-order valence-corrected chi connectivity index (χ2v) is 5.33. The van der Waals surface area contributed by atoms with E-state index in [0.717, 1.165) is 4.90 Å². The van der Waals surface area contributed by atoms with E-state index in [1.54, 1.807) is 6.26 Å². The first-order chi connectivity index (χ1) is 7.26. The van der Waals surface area contributed by atoms with E-state index in [-0.39, 0.29) is 5.69 Å². The van der Waals surface area contributed by atoms with Crippen LogP contribution in [0.4, 0.5) is 18.9 Å². The van der Waals surface area contributed by atoms with E-state index in [9.17, 15) is 21.6 Å². The van der Waals surface area contributed by atoms with Crippen LogP contribution in [0.5, 0.6) is 0 Å². The largest absolute Gasteiger partial charge is 0.516 e. The second-order valence-electron chi connectivity index (χ2n) is 2.78. The van der Waals surface area contributed by atoms with Crippen LogP contribution in [0.3, 0.4) is 0 Å². The van der Waals surface area contributed by atoms with Gasteiger partial charge in [0.25, 0.3) is 0 Å². The van der Waals surface area contributed by atoms with E-state index >= 15 is 0 Å². The molecule has 1 aromatic carbocycles. The minimum atomic E-state index is -5.33. The van der Waals surface area contributed by atoms with Gasteiger partial charge in [-0.3, -0.25) is 4.72 Å². The molecule has 0 bridgehead atoms. The van der Waals surface area contributed by atoms with Gasteiger partial charge in [-0.15, -0.1) is 11.8 Å².